The summed E-state index contributed by atoms with van der Waals surface area (Å²) in [5, 5.41) is 13.5. The van der Waals surface area contributed by atoms with E-state index in [1.807, 2.05) is 53.7 Å². The summed E-state index contributed by atoms with van der Waals surface area (Å²) in [5.74, 6) is 1.29. The normalized spacial score (nSPS) is 12.5. The smallest absolute Gasteiger partial charge is 0.164 e. The molecule has 4 nitrogen and oxygen atoms in total. The Balaban J connectivity index is 0.000000361. The summed E-state index contributed by atoms with van der Waals surface area (Å²) in [6, 6.07) is 29.3. The van der Waals surface area contributed by atoms with Crippen molar-refractivity contribution in [1.82, 2.24) is 9.97 Å². The van der Waals surface area contributed by atoms with Crippen LogP contribution in [0.25, 0.3) is 44.1 Å². The van der Waals surface area contributed by atoms with Gasteiger partial charge in [0, 0.05) is 48.3 Å². The minimum atomic E-state index is -0.420. The van der Waals surface area contributed by atoms with Gasteiger partial charge in [0.15, 0.2) is 5.78 Å². The first-order valence-electron chi connectivity index (χ1n) is 17.7. The molecule has 267 valence electrons. The minimum Gasteiger partial charge on any atom is -0.512 e. The number of nitrogens with zero attached hydrogens (tertiary/aromatic N) is 2. The van der Waals surface area contributed by atoms with Gasteiger partial charge in [-0.1, -0.05) is 131 Å². The Morgan fingerprint density at radius 2 is 1.50 bits per heavy atom. The third-order valence-electron chi connectivity index (χ3n) is 9.73. The minimum absolute atomic E-state index is 0. The number of aliphatic hydroxyl groups excluding tert-OH is 1. The Kier molecular flexibility index (Phi) is 13.2. The largest absolute Gasteiger partial charge is 0.512 e. The van der Waals surface area contributed by atoms with Gasteiger partial charge in [0.2, 0.25) is 0 Å². The van der Waals surface area contributed by atoms with Crippen molar-refractivity contribution < 1.29 is 30.0 Å². The maximum Gasteiger partial charge on any atom is 0.164 e. The molecule has 1 radical (unpaired) electrons. The molecule has 1 aromatic heterocycles. The fourth-order valence-electron chi connectivity index (χ4n) is 5.71. The summed E-state index contributed by atoms with van der Waals surface area (Å²) in [7, 11) is 0. The second kappa shape index (κ2) is 16.1. The van der Waals surface area contributed by atoms with Crippen LogP contribution >= 0.6 is 0 Å². The van der Waals surface area contributed by atoms with Crippen LogP contribution < -0.4 is 0 Å². The van der Waals surface area contributed by atoms with Crippen molar-refractivity contribution in [2.75, 3.05) is 0 Å². The van der Waals surface area contributed by atoms with Crippen molar-refractivity contribution in [2.24, 2.45) is 10.8 Å². The molecule has 0 aliphatic rings. The monoisotopic (exact) mass is 848 g/mol. The molecule has 0 aliphatic heterocycles. The standard InChI is InChI=1S/C32H31N2.C13H24O2.Ir/c1-20(2)31-33-29(25-14-10-13-23(18-25)22-11-8-7-9-12-22)27-16-15-24-19-26(32(4,5)6)17-21(3)28(24)30(27)34-31;1-7-13(6,8-2)11(15)9-10(14)12(3,4)5;/h7-13,15-20H,1-6H3;9,15H,7-8H2,1-6H3;/q-1;;/b;11-9-;. The number of hydrogen-bond donors (Lipinski definition) is 1. The van der Waals surface area contributed by atoms with Crippen molar-refractivity contribution >= 4 is 27.5 Å². The molecule has 50 heavy (non-hydrogen) atoms. The van der Waals surface area contributed by atoms with Crippen molar-refractivity contribution in [3.63, 3.8) is 0 Å². The third-order valence-corrected chi connectivity index (χ3v) is 9.73. The van der Waals surface area contributed by atoms with Crippen LogP contribution in [-0.2, 0) is 30.3 Å². The molecular weight excluding hydrogens is 793 g/mol. The van der Waals surface area contributed by atoms with Gasteiger partial charge in [0.1, 0.15) is 11.6 Å². The molecule has 0 saturated heterocycles. The van der Waals surface area contributed by atoms with Crippen LogP contribution in [0.1, 0.15) is 112 Å². The number of allylic oxidation sites excluding steroid dienone is 2. The molecule has 0 amide bonds. The SMILES string of the molecule is CCC(C)(CC)/C(O)=C/C(=O)C(C)(C)C.Cc1cc(C(C)(C)C)cc2ccc3c(-c4[c-]ccc(-c5ccccc5)c4)nc(C(C)C)nc3c12.[Ir]. The van der Waals surface area contributed by atoms with Gasteiger partial charge in [-0.15, -0.1) is 35.4 Å². The molecule has 0 saturated carbocycles. The first kappa shape index (κ1) is 40.8. The summed E-state index contributed by atoms with van der Waals surface area (Å²) in [4.78, 5) is 21.9. The summed E-state index contributed by atoms with van der Waals surface area (Å²) in [6.07, 6.45) is 3.07. The van der Waals surface area contributed by atoms with Crippen molar-refractivity contribution in [1.29, 1.82) is 0 Å². The number of hydrogen-bond acceptors (Lipinski definition) is 4. The van der Waals surface area contributed by atoms with Crippen molar-refractivity contribution in [3.05, 3.63) is 108 Å². The van der Waals surface area contributed by atoms with Gasteiger partial charge in [0.05, 0.1) is 5.52 Å². The molecule has 1 N–H and O–H groups in total. The van der Waals surface area contributed by atoms with Gasteiger partial charge in [-0.2, -0.15) is 0 Å². The van der Waals surface area contributed by atoms with Gasteiger partial charge in [-0.25, -0.2) is 4.98 Å². The van der Waals surface area contributed by atoms with Gasteiger partial charge >= 0.3 is 0 Å². The van der Waals surface area contributed by atoms with E-state index in [9.17, 15) is 9.90 Å². The maximum atomic E-state index is 11.7. The van der Waals surface area contributed by atoms with Crippen LogP contribution in [0.15, 0.2) is 84.6 Å². The number of benzene rings is 4. The first-order chi connectivity index (χ1) is 22.9. The van der Waals surface area contributed by atoms with Crippen LogP contribution in [0.3, 0.4) is 0 Å². The topological polar surface area (TPSA) is 63.1 Å². The Bertz CT molecular complexity index is 1980. The van der Waals surface area contributed by atoms with E-state index in [0.717, 1.165) is 40.8 Å². The van der Waals surface area contributed by atoms with E-state index in [1.54, 1.807) is 0 Å². The zero-order valence-corrected chi connectivity index (χ0v) is 34.5. The fraction of sp³-hybridized carbons (Fsp3) is 0.400. The summed E-state index contributed by atoms with van der Waals surface area (Å²) < 4.78 is 0. The van der Waals surface area contributed by atoms with Crippen molar-refractivity contribution in [2.45, 2.75) is 107 Å². The molecule has 0 unspecified atom stereocenters. The number of aromatic nitrogens is 2. The fourth-order valence-corrected chi connectivity index (χ4v) is 5.71. The van der Waals surface area contributed by atoms with Gasteiger partial charge in [-0.3, -0.25) is 9.78 Å². The molecule has 0 atom stereocenters. The zero-order chi connectivity index (χ0) is 36.3. The molecular formula is C45H55IrN2O2-. The molecule has 0 fully saturated rings. The quantitative estimate of drug-likeness (QED) is 0.0767. The van der Waals surface area contributed by atoms with Crippen LogP contribution in [0.4, 0.5) is 0 Å². The van der Waals surface area contributed by atoms with Crippen molar-refractivity contribution in [3.8, 4) is 22.4 Å². The number of carbonyl (C=O) groups excluding carboxylic acids is 1. The van der Waals surface area contributed by atoms with E-state index in [0.29, 0.717) is 0 Å². The van der Waals surface area contributed by atoms with E-state index in [2.05, 4.69) is 108 Å². The molecule has 4 aromatic carbocycles. The van der Waals surface area contributed by atoms with E-state index in [4.69, 9.17) is 9.97 Å². The number of aryl methyl sites for hydroxylation is 1. The molecule has 5 rings (SSSR count). The predicted molar refractivity (Wildman–Crippen MR) is 208 cm³/mol. The molecule has 0 spiro atoms. The van der Waals surface area contributed by atoms with Gasteiger partial charge < -0.3 is 5.11 Å². The molecule has 0 bridgehead atoms. The van der Waals surface area contributed by atoms with Crippen LogP contribution in [-0.4, -0.2) is 20.9 Å². The van der Waals surface area contributed by atoms with E-state index in [-0.39, 0.29) is 48.4 Å². The Morgan fingerprint density at radius 1 is 0.860 bits per heavy atom. The molecule has 0 aliphatic carbocycles. The molecule has 1 heterocycles. The number of fused-ring (bicyclic) bond motifs is 3. The van der Waals surface area contributed by atoms with E-state index in [1.165, 1.54) is 39.1 Å². The van der Waals surface area contributed by atoms with E-state index >= 15 is 0 Å². The summed E-state index contributed by atoms with van der Waals surface area (Å²) in [6.45, 7) is 24.9. The number of carbonyl (C=O) groups is 1. The molecule has 5 aromatic rings. The summed E-state index contributed by atoms with van der Waals surface area (Å²) in [5.41, 5.74) is 7.36. The average Bonchev–Trinajstić information content (AvgIpc) is 3.06. The van der Waals surface area contributed by atoms with Gasteiger partial charge in [0.25, 0.3) is 0 Å². The van der Waals surface area contributed by atoms with E-state index < -0.39 is 5.41 Å². The van der Waals surface area contributed by atoms with Crippen LogP contribution in [0.5, 0.6) is 0 Å². The number of aliphatic hydroxyl groups is 1. The van der Waals surface area contributed by atoms with Gasteiger partial charge in [-0.05, 0) is 58.3 Å². The van der Waals surface area contributed by atoms with Crippen LogP contribution in [0.2, 0.25) is 0 Å². The number of rotatable bonds is 7. The maximum absolute atomic E-state index is 11.7. The second-order valence-electron chi connectivity index (χ2n) is 16.0. The predicted octanol–water partition coefficient (Wildman–Crippen LogP) is 12.5. The Hall–Kier alpha value is -3.66. The average molecular weight is 848 g/mol. The summed E-state index contributed by atoms with van der Waals surface area (Å²) >= 11 is 0. The Labute approximate surface area is 314 Å². The molecule has 5 heteroatoms. The number of ketones is 1. The van der Waals surface area contributed by atoms with Crippen LogP contribution in [0, 0.1) is 23.8 Å². The third kappa shape index (κ3) is 9.16. The first-order valence-corrected chi connectivity index (χ1v) is 17.7. The Morgan fingerprint density at radius 3 is 2.06 bits per heavy atom. The zero-order valence-electron chi connectivity index (χ0n) is 32.1. The second-order valence-corrected chi connectivity index (χ2v) is 16.0.